The summed E-state index contributed by atoms with van der Waals surface area (Å²) in [5.74, 6) is -0.0622. The summed E-state index contributed by atoms with van der Waals surface area (Å²) >= 11 is 6.26. The highest BCUT2D eigenvalue weighted by atomic mass is 32.1. The zero-order chi connectivity index (χ0) is 11.4. The van der Waals surface area contributed by atoms with Crippen molar-refractivity contribution in [3.05, 3.63) is 16.6 Å². The van der Waals surface area contributed by atoms with Crippen molar-refractivity contribution >= 4 is 34.5 Å². The third-order valence-corrected chi connectivity index (χ3v) is 2.77. The van der Waals surface area contributed by atoms with Gasteiger partial charge >= 0.3 is 0 Å². The van der Waals surface area contributed by atoms with Gasteiger partial charge in [-0.2, -0.15) is 0 Å². The molecule has 1 aromatic rings. The van der Waals surface area contributed by atoms with Gasteiger partial charge < -0.3 is 11.1 Å². The molecule has 0 saturated carbocycles. The fraction of sp³-hybridized carbons (Fsp3) is 0.444. The number of carbonyl (C=O) groups is 1. The maximum atomic E-state index is 11.6. The molecule has 1 heterocycles. The van der Waals surface area contributed by atoms with Crippen LogP contribution in [0.1, 0.15) is 24.3 Å². The largest absolute Gasteiger partial charge is 0.392 e. The van der Waals surface area contributed by atoms with Crippen LogP contribution in [0, 0.1) is 5.92 Å². The molecular formula is C9H13N3OS2. The van der Waals surface area contributed by atoms with Crippen molar-refractivity contribution in [1.82, 2.24) is 10.3 Å². The van der Waals surface area contributed by atoms with Gasteiger partial charge in [0.2, 0.25) is 0 Å². The van der Waals surface area contributed by atoms with Gasteiger partial charge in [-0.3, -0.25) is 4.79 Å². The first-order valence-corrected chi connectivity index (χ1v) is 5.86. The normalized spacial score (nSPS) is 12.5. The zero-order valence-corrected chi connectivity index (χ0v) is 10.2. The number of thiazole rings is 1. The van der Waals surface area contributed by atoms with E-state index in [4.69, 9.17) is 18.0 Å². The number of rotatable bonds is 4. The van der Waals surface area contributed by atoms with E-state index >= 15 is 0 Å². The first-order chi connectivity index (χ1) is 7.02. The van der Waals surface area contributed by atoms with Crippen LogP contribution >= 0.6 is 23.6 Å². The van der Waals surface area contributed by atoms with Crippen LogP contribution in [0.25, 0.3) is 0 Å². The number of nitrogens with two attached hydrogens (primary N) is 1. The van der Waals surface area contributed by atoms with Crippen molar-refractivity contribution < 1.29 is 4.79 Å². The van der Waals surface area contributed by atoms with Crippen molar-refractivity contribution in [2.24, 2.45) is 11.7 Å². The molecule has 1 atom stereocenters. The second-order valence-corrected chi connectivity index (χ2v) is 4.66. The first-order valence-electron chi connectivity index (χ1n) is 4.50. The molecule has 1 amide bonds. The molecule has 0 aliphatic rings. The Morgan fingerprint density at radius 3 is 2.73 bits per heavy atom. The van der Waals surface area contributed by atoms with Crippen molar-refractivity contribution in [1.29, 1.82) is 0 Å². The summed E-state index contributed by atoms with van der Waals surface area (Å²) in [5, 5.41) is 4.44. The summed E-state index contributed by atoms with van der Waals surface area (Å²) in [7, 11) is 0. The second-order valence-electron chi connectivity index (χ2n) is 3.47. The predicted molar refractivity (Wildman–Crippen MR) is 65.0 cm³/mol. The van der Waals surface area contributed by atoms with Gasteiger partial charge in [-0.15, -0.1) is 11.3 Å². The summed E-state index contributed by atoms with van der Waals surface area (Å²) in [6.07, 6.45) is 0. The quantitative estimate of drug-likeness (QED) is 0.779. The number of nitrogens with zero attached hydrogens (tertiary/aromatic N) is 1. The van der Waals surface area contributed by atoms with Gasteiger partial charge in [-0.1, -0.05) is 26.1 Å². The number of nitrogens with one attached hydrogen (secondary N) is 1. The molecule has 0 radical (unpaired) electrons. The van der Waals surface area contributed by atoms with Crippen molar-refractivity contribution in [2.75, 3.05) is 0 Å². The molecule has 0 aliphatic carbocycles. The van der Waals surface area contributed by atoms with Crippen molar-refractivity contribution in [3.63, 3.8) is 0 Å². The van der Waals surface area contributed by atoms with E-state index in [0.717, 1.165) is 0 Å². The molecule has 1 aromatic heterocycles. The van der Waals surface area contributed by atoms with Crippen LogP contribution in [0.5, 0.6) is 0 Å². The molecule has 0 aliphatic heterocycles. The lowest BCUT2D eigenvalue weighted by Gasteiger charge is -2.20. The monoisotopic (exact) mass is 243 g/mol. The number of aromatic nitrogens is 1. The number of amides is 1. The van der Waals surface area contributed by atoms with Crippen molar-refractivity contribution in [3.8, 4) is 0 Å². The van der Waals surface area contributed by atoms with Crippen LogP contribution in [-0.4, -0.2) is 21.9 Å². The predicted octanol–water partition coefficient (Wildman–Crippen LogP) is 1.18. The molecule has 4 nitrogen and oxygen atoms in total. The van der Waals surface area contributed by atoms with Crippen LogP contribution < -0.4 is 11.1 Å². The van der Waals surface area contributed by atoms with E-state index < -0.39 is 0 Å². The summed E-state index contributed by atoms with van der Waals surface area (Å²) in [6, 6.07) is -0.283. The minimum absolute atomic E-state index is 0.171. The average molecular weight is 243 g/mol. The maximum absolute atomic E-state index is 11.6. The summed E-state index contributed by atoms with van der Waals surface area (Å²) in [6.45, 7) is 3.90. The fourth-order valence-corrected chi connectivity index (χ4v) is 1.97. The van der Waals surface area contributed by atoms with Gasteiger partial charge in [0.25, 0.3) is 5.91 Å². The number of thiocarbonyl (C=S) groups is 1. The smallest absolute Gasteiger partial charge is 0.271 e. The summed E-state index contributed by atoms with van der Waals surface area (Å²) < 4.78 is 0. The molecule has 6 heteroatoms. The van der Waals surface area contributed by atoms with Gasteiger partial charge in [0, 0.05) is 5.38 Å². The molecular weight excluding hydrogens is 230 g/mol. The molecule has 0 saturated heterocycles. The SMILES string of the molecule is CC(C)C(NC(=O)c1cscn1)C(N)=S. The Labute approximate surface area is 97.9 Å². The minimum atomic E-state index is -0.283. The van der Waals surface area contributed by atoms with Crippen LogP contribution in [0.15, 0.2) is 10.9 Å². The highest BCUT2D eigenvalue weighted by Gasteiger charge is 2.20. The maximum Gasteiger partial charge on any atom is 0.271 e. The van der Waals surface area contributed by atoms with E-state index in [2.05, 4.69) is 10.3 Å². The molecule has 1 rings (SSSR count). The van der Waals surface area contributed by atoms with Crippen molar-refractivity contribution in [2.45, 2.75) is 19.9 Å². The Morgan fingerprint density at radius 2 is 2.33 bits per heavy atom. The van der Waals surface area contributed by atoms with E-state index in [-0.39, 0.29) is 17.9 Å². The number of hydrogen-bond donors (Lipinski definition) is 2. The third kappa shape index (κ3) is 3.24. The summed E-state index contributed by atoms with van der Waals surface area (Å²) in [5.41, 5.74) is 7.55. The van der Waals surface area contributed by atoms with E-state index in [0.29, 0.717) is 10.7 Å². The van der Waals surface area contributed by atoms with Gasteiger partial charge in [0.05, 0.1) is 16.5 Å². The standard InChI is InChI=1S/C9H13N3OS2/c1-5(2)7(8(10)14)12-9(13)6-3-15-4-11-6/h3-5,7H,1-2H3,(H2,10,14)(H,12,13). The third-order valence-electron chi connectivity index (χ3n) is 1.92. The van der Waals surface area contributed by atoms with Gasteiger partial charge in [0.15, 0.2) is 0 Å². The topological polar surface area (TPSA) is 68.0 Å². The average Bonchev–Trinajstić information content (AvgIpc) is 2.65. The van der Waals surface area contributed by atoms with Crippen LogP contribution in [0.4, 0.5) is 0 Å². The van der Waals surface area contributed by atoms with Crippen LogP contribution in [0.2, 0.25) is 0 Å². The Balaban J connectivity index is 2.67. The van der Waals surface area contributed by atoms with E-state index in [9.17, 15) is 4.79 Å². The van der Waals surface area contributed by atoms with E-state index in [1.54, 1.807) is 10.9 Å². The molecule has 0 fully saturated rings. The Morgan fingerprint density at radius 1 is 1.67 bits per heavy atom. The van der Waals surface area contributed by atoms with Gasteiger partial charge in [0.1, 0.15) is 5.69 Å². The number of carbonyl (C=O) groups excluding carboxylic acids is 1. The minimum Gasteiger partial charge on any atom is -0.392 e. The van der Waals surface area contributed by atoms with E-state index in [1.807, 2.05) is 13.8 Å². The second kappa shape index (κ2) is 5.18. The summed E-state index contributed by atoms with van der Waals surface area (Å²) in [4.78, 5) is 15.9. The highest BCUT2D eigenvalue weighted by molar-refractivity contribution is 7.80. The Bertz CT molecular complexity index is 348. The zero-order valence-electron chi connectivity index (χ0n) is 8.56. The molecule has 1 unspecified atom stereocenters. The highest BCUT2D eigenvalue weighted by Crippen LogP contribution is 2.05. The lowest BCUT2D eigenvalue weighted by molar-refractivity contribution is 0.0935. The molecule has 3 N–H and O–H groups in total. The Kier molecular flexibility index (Phi) is 4.16. The molecule has 0 spiro atoms. The molecule has 15 heavy (non-hydrogen) atoms. The molecule has 82 valence electrons. The lowest BCUT2D eigenvalue weighted by Crippen LogP contribution is -2.46. The Hall–Kier alpha value is -1.01. The molecule has 0 bridgehead atoms. The fourth-order valence-electron chi connectivity index (χ4n) is 1.11. The van der Waals surface area contributed by atoms with Crippen LogP contribution in [0.3, 0.4) is 0 Å². The molecule has 0 aromatic carbocycles. The lowest BCUT2D eigenvalue weighted by atomic mass is 10.0. The first kappa shape index (κ1) is 12.1. The van der Waals surface area contributed by atoms with Gasteiger partial charge in [-0.05, 0) is 5.92 Å². The number of hydrogen-bond acceptors (Lipinski definition) is 4. The van der Waals surface area contributed by atoms with Gasteiger partial charge in [-0.25, -0.2) is 4.98 Å². The van der Waals surface area contributed by atoms with Crippen LogP contribution in [-0.2, 0) is 0 Å². The van der Waals surface area contributed by atoms with E-state index in [1.165, 1.54) is 11.3 Å².